The molecule has 0 spiro atoms. The fourth-order valence-corrected chi connectivity index (χ4v) is 4.28. The summed E-state index contributed by atoms with van der Waals surface area (Å²) >= 11 is 0. The van der Waals surface area contributed by atoms with Crippen LogP contribution in [0.4, 0.5) is 0 Å². The molecule has 1 saturated heterocycles. The molecule has 138 valence electrons. The molecule has 2 heterocycles. The number of nitrogens with zero attached hydrogens (tertiary/aromatic N) is 2. The van der Waals surface area contributed by atoms with Crippen LogP contribution in [0.15, 0.2) is 29.4 Å². The van der Waals surface area contributed by atoms with E-state index in [0.29, 0.717) is 25.7 Å². The molecule has 1 unspecified atom stereocenters. The van der Waals surface area contributed by atoms with Crippen LogP contribution in [0.2, 0.25) is 0 Å². The standard InChI is InChI=1S/C16H23N3O5S/c1-2-4-14(16(21)22)18-15(20)12-6-9-19(10-7-12)25(23,24)13-5-3-8-17-11-13/h3,5,8,11-12,14H,2,4,6-7,9-10H2,1H3,(H,18,20)(H,21,22). The largest absolute Gasteiger partial charge is 0.480 e. The summed E-state index contributed by atoms with van der Waals surface area (Å²) in [6.07, 6.45) is 4.56. The average molecular weight is 369 g/mol. The Morgan fingerprint density at radius 3 is 2.60 bits per heavy atom. The maximum atomic E-state index is 12.5. The van der Waals surface area contributed by atoms with Gasteiger partial charge in [0.25, 0.3) is 0 Å². The van der Waals surface area contributed by atoms with E-state index in [2.05, 4.69) is 10.3 Å². The maximum absolute atomic E-state index is 12.5. The van der Waals surface area contributed by atoms with Crippen molar-refractivity contribution in [3.8, 4) is 0 Å². The van der Waals surface area contributed by atoms with E-state index in [4.69, 9.17) is 5.11 Å². The summed E-state index contributed by atoms with van der Waals surface area (Å²) in [7, 11) is -3.61. The number of piperidine rings is 1. The van der Waals surface area contributed by atoms with Crippen molar-refractivity contribution in [1.82, 2.24) is 14.6 Å². The number of nitrogens with one attached hydrogen (secondary N) is 1. The molecular formula is C16H23N3O5S. The summed E-state index contributed by atoms with van der Waals surface area (Å²) in [5.74, 6) is -1.75. The maximum Gasteiger partial charge on any atom is 0.326 e. The third-order valence-electron chi connectivity index (χ3n) is 4.29. The van der Waals surface area contributed by atoms with Gasteiger partial charge in [-0.3, -0.25) is 9.78 Å². The molecule has 1 aromatic rings. The van der Waals surface area contributed by atoms with Crippen LogP contribution in [0, 0.1) is 5.92 Å². The molecule has 25 heavy (non-hydrogen) atoms. The van der Waals surface area contributed by atoms with Gasteiger partial charge in [0.2, 0.25) is 15.9 Å². The second kappa shape index (κ2) is 8.39. The number of rotatable bonds is 7. The minimum atomic E-state index is -3.61. The van der Waals surface area contributed by atoms with Gasteiger partial charge in [0.05, 0.1) is 0 Å². The number of carboxylic acid groups (broad SMARTS) is 1. The summed E-state index contributed by atoms with van der Waals surface area (Å²) in [6.45, 7) is 2.30. The zero-order valence-corrected chi connectivity index (χ0v) is 14.9. The summed E-state index contributed by atoms with van der Waals surface area (Å²) in [6, 6.07) is 2.16. The zero-order chi connectivity index (χ0) is 18.4. The molecule has 0 radical (unpaired) electrons. The Kier molecular flexibility index (Phi) is 6.49. The number of sulfonamides is 1. The number of carbonyl (C=O) groups excluding carboxylic acids is 1. The van der Waals surface area contributed by atoms with Crippen LogP contribution in [-0.2, 0) is 19.6 Å². The molecule has 1 fully saturated rings. The third-order valence-corrected chi connectivity index (χ3v) is 6.17. The lowest BCUT2D eigenvalue weighted by atomic mass is 9.96. The summed E-state index contributed by atoms with van der Waals surface area (Å²) in [4.78, 5) is 27.4. The van der Waals surface area contributed by atoms with Crippen molar-refractivity contribution >= 4 is 21.9 Å². The highest BCUT2D eigenvalue weighted by atomic mass is 32.2. The van der Waals surface area contributed by atoms with E-state index >= 15 is 0 Å². The van der Waals surface area contributed by atoms with Crippen molar-refractivity contribution in [3.05, 3.63) is 24.5 Å². The van der Waals surface area contributed by atoms with Gasteiger partial charge >= 0.3 is 5.97 Å². The van der Waals surface area contributed by atoms with E-state index in [1.807, 2.05) is 6.92 Å². The Morgan fingerprint density at radius 1 is 1.40 bits per heavy atom. The van der Waals surface area contributed by atoms with E-state index < -0.39 is 22.0 Å². The summed E-state index contributed by atoms with van der Waals surface area (Å²) in [5, 5.41) is 11.7. The van der Waals surface area contributed by atoms with E-state index in [0.717, 1.165) is 0 Å². The molecule has 2 N–H and O–H groups in total. The normalized spacial score (nSPS) is 17.8. The van der Waals surface area contributed by atoms with Gasteiger partial charge in [0.1, 0.15) is 10.9 Å². The highest BCUT2D eigenvalue weighted by molar-refractivity contribution is 7.89. The Hall–Kier alpha value is -2.00. The van der Waals surface area contributed by atoms with Crippen LogP contribution < -0.4 is 5.32 Å². The molecular weight excluding hydrogens is 346 g/mol. The van der Waals surface area contributed by atoms with Crippen molar-refractivity contribution in [2.45, 2.75) is 43.5 Å². The molecule has 1 amide bonds. The predicted molar refractivity (Wildman–Crippen MR) is 90.2 cm³/mol. The SMILES string of the molecule is CCCC(NC(=O)C1CCN(S(=O)(=O)c2cccnc2)CC1)C(=O)O. The van der Waals surface area contributed by atoms with Crippen molar-refractivity contribution in [2.24, 2.45) is 5.92 Å². The highest BCUT2D eigenvalue weighted by Crippen LogP contribution is 2.23. The Balaban J connectivity index is 1.95. The van der Waals surface area contributed by atoms with Crippen molar-refractivity contribution in [3.63, 3.8) is 0 Å². The van der Waals surface area contributed by atoms with Crippen molar-refractivity contribution in [2.75, 3.05) is 13.1 Å². The average Bonchev–Trinajstić information content (AvgIpc) is 2.62. The van der Waals surface area contributed by atoms with Crippen LogP contribution in [-0.4, -0.2) is 53.8 Å². The topological polar surface area (TPSA) is 117 Å². The van der Waals surface area contributed by atoms with Gasteiger partial charge in [0, 0.05) is 31.4 Å². The third kappa shape index (κ3) is 4.76. The molecule has 0 aromatic carbocycles. The van der Waals surface area contributed by atoms with Gasteiger partial charge in [-0.15, -0.1) is 0 Å². The Morgan fingerprint density at radius 2 is 2.08 bits per heavy atom. The first-order valence-electron chi connectivity index (χ1n) is 8.29. The second-order valence-corrected chi connectivity index (χ2v) is 7.99. The van der Waals surface area contributed by atoms with Gasteiger partial charge < -0.3 is 10.4 Å². The minimum Gasteiger partial charge on any atom is -0.480 e. The van der Waals surface area contributed by atoms with Gasteiger partial charge in [-0.2, -0.15) is 4.31 Å². The fourth-order valence-electron chi connectivity index (χ4n) is 2.84. The lowest BCUT2D eigenvalue weighted by Crippen LogP contribution is -2.47. The van der Waals surface area contributed by atoms with E-state index in [9.17, 15) is 18.0 Å². The van der Waals surface area contributed by atoms with E-state index in [1.54, 1.807) is 6.07 Å². The molecule has 1 atom stereocenters. The second-order valence-electron chi connectivity index (χ2n) is 6.06. The van der Waals surface area contributed by atoms with Gasteiger partial charge in [-0.1, -0.05) is 13.3 Å². The summed E-state index contributed by atoms with van der Waals surface area (Å²) in [5.41, 5.74) is 0. The molecule has 1 aromatic heterocycles. The highest BCUT2D eigenvalue weighted by Gasteiger charge is 2.33. The number of carboxylic acids is 1. The van der Waals surface area contributed by atoms with Crippen LogP contribution in [0.25, 0.3) is 0 Å². The number of amides is 1. The lowest BCUT2D eigenvalue weighted by molar-refractivity contribution is -0.142. The van der Waals surface area contributed by atoms with Crippen molar-refractivity contribution < 1.29 is 23.1 Å². The number of hydrogen-bond acceptors (Lipinski definition) is 5. The van der Waals surface area contributed by atoms with Crippen molar-refractivity contribution in [1.29, 1.82) is 0 Å². The molecule has 0 bridgehead atoms. The van der Waals surface area contributed by atoms with Crippen LogP contribution in [0.1, 0.15) is 32.6 Å². The first-order chi connectivity index (χ1) is 11.9. The Bertz CT molecular complexity index is 700. The number of aliphatic carboxylic acids is 1. The number of carbonyl (C=O) groups is 2. The summed E-state index contributed by atoms with van der Waals surface area (Å²) < 4.78 is 26.4. The van der Waals surface area contributed by atoms with Crippen LogP contribution >= 0.6 is 0 Å². The lowest BCUT2D eigenvalue weighted by Gasteiger charge is -2.31. The van der Waals surface area contributed by atoms with Gasteiger partial charge in [-0.25, -0.2) is 13.2 Å². The predicted octanol–water partition coefficient (Wildman–Crippen LogP) is 0.852. The molecule has 0 aliphatic carbocycles. The van der Waals surface area contributed by atoms with Gasteiger partial charge in [0.15, 0.2) is 0 Å². The smallest absolute Gasteiger partial charge is 0.326 e. The minimum absolute atomic E-state index is 0.131. The van der Waals surface area contributed by atoms with Crippen LogP contribution in [0.5, 0.6) is 0 Å². The first kappa shape index (κ1) is 19.3. The molecule has 1 aliphatic heterocycles. The number of hydrogen-bond donors (Lipinski definition) is 2. The quantitative estimate of drug-likeness (QED) is 0.736. The van der Waals surface area contributed by atoms with E-state index in [1.165, 1.54) is 22.8 Å². The molecule has 2 rings (SSSR count). The fraction of sp³-hybridized carbons (Fsp3) is 0.562. The van der Waals surface area contributed by atoms with E-state index in [-0.39, 0.29) is 29.8 Å². The number of pyridine rings is 1. The molecule has 8 nitrogen and oxygen atoms in total. The zero-order valence-electron chi connectivity index (χ0n) is 14.1. The molecule has 9 heteroatoms. The monoisotopic (exact) mass is 369 g/mol. The van der Waals surface area contributed by atoms with Crippen LogP contribution in [0.3, 0.4) is 0 Å². The van der Waals surface area contributed by atoms with Gasteiger partial charge in [-0.05, 0) is 31.4 Å². The molecule has 1 aliphatic rings. The molecule has 0 saturated carbocycles. The Labute approximate surface area is 147 Å². The first-order valence-corrected chi connectivity index (χ1v) is 9.73. The number of aromatic nitrogens is 1.